The van der Waals surface area contributed by atoms with Gasteiger partial charge in [0.25, 0.3) is 0 Å². The summed E-state index contributed by atoms with van der Waals surface area (Å²) in [5, 5.41) is 9.37. The van der Waals surface area contributed by atoms with E-state index in [-0.39, 0.29) is 6.04 Å². The van der Waals surface area contributed by atoms with Crippen molar-refractivity contribution in [2.24, 2.45) is 5.73 Å². The topological polar surface area (TPSA) is 63.3 Å². The maximum atomic E-state index is 11.4. The lowest BCUT2D eigenvalue weighted by Crippen LogP contribution is -2.54. The number of hydrogen-bond acceptors (Lipinski definition) is 2. The van der Waals surface area contributed by atoms with Crippen LogP contribution in [0.5, 0.6) is 0 Å². The van der Waals surface area contributed by atoms with Gasteiger partial charge in [0.15, 0.2) is 0 Å². The highest BCUT2D eigenvalue weighted by atomic mass is 79.9. The Morgan fingerprint density at radius 1 is 1.50 bits per heavy atom. The van der Waals surface area contributed by atoms with Crippen LogP contribution in [0, 0.1) is 6.92 Å². The van der Waals surface area contributed by atoms with Gasteiger partial charge in [-0.3, -0.25) is 4.79 Å². The summed E-state index contributed by atoms with van der Waals surface area (Å²) in [6.45, 7) is 1.96. The number of aryl methyl sites for hydroxylation is 1. The Balaban J connectivity index is 2.45. The summed E-state index contributed by atoms with van der Waals surface area (Å²) in [6.07, 6.45) is 1.05. The lowest BCUT2D eigenvalue weighted by atomic mass is 9.62. The summed E-state index contributed by atoms with van der Waals surface area (Å²) >= 11 is 3.40. The zero-order chi connectivity index (χ0) is 11.9. The van der Waals surface area contributed by atoms with Gasteiger partial charge in [0.05, 0.1) is 5.41 Å². The summed E-state index contributed by atoms with van der Waals surface area (Å²) in [5.41, 5.74) is 6.88. The van der Waals surface area contributed by atoms with Crippen LogP contribution in [0.1, 0.15) is 24.0 Å². The predicted molar refractivity (Wildman–Crippen MR) is 65.4 cm³/mol. The van der Waals surface area contributed by atoms with Gasteiger partial charge in [0.1, 0.15) is 0 Å². The van der Waals surface area contributed by atoms with Gasteiger partial charge in [-0.2, -0.15) is 0 Å². The summed E-state index contributed by atoms with van der Waals surface area (Å²) in [6, 6.07) is 5.80. The van der Waals surface area contributed by atoms with Crippen molar-refractivity contribution < 1.29 is 9.90 Å². The number of rotatable bonds is 2. The lowest BCUT2D eigenvalue weighted by Gasteiger charge is -2.43. The van der Waals surface area contributed by atoms with Gasteiger partial charge in [0.2, 0.25) is 0 Å². The molecule has 0 atom stereocenters. The number of aliphatic carboxylic acids is 1. The maximum Gasteiger partial charge on any atom is 0.314 e. The zero-order valence-electron chi connectivity index (χ0n) is 9.03. The van der Waals surface area contributed by atoms with Crippen LogP contribution in [0.2, 0.25) is 0 Å². The minimum atomic E-state index is -0.772. The highest BCUT2D eigenvalue weighted by molar-refractivity contribution is 9.10. The van der Waals surface area contributed by atoms with Crippen molar-refractivity contribution in [2.75, 3.05) is 0 Å². The molecule has 0 saturated heterocycles. The van der Waals surface area contributed by atoms with Crippen molar-refractivity contribution in [3.8, 4) is 0 Å². The molecule has 1 fully saturated rings. The Morgan fingerprint density at radius 3 is 2.56 bits per heavy atom. The molecule has 0 bridgehead atoms. The highest BCUT2D eigenvalue weighted by Gasteiger charge is 2.50. The number of carboxylic acids is 1. The molecule has 0 radical (unpaired) electrons. The van der Waals surface area contributed by atoms with E-state index in [0.29, 0.717) is 12.8 Å². The molecular formula is C12H14BrNO2. The van der Waals surface area contributed by atoms with Crippen LogP contribution < -0.4 is 5.73 Å². The molecule has 4 heteroatoms. The van der Waals surface area contributed by atoms with Crippen LogP contribution in [0.25, 0.3) is 0 Å². The van der Waals surface area contributed by atoms with Gasteiger partial charge in [-0.15, -0.1) is 0 Å². The summed E-state index contributed by atoms with van der Waals surface area (Å²) in [7, 11) is 0. The second kappa shape index (κ2) is 3.86. The van der Waals surface area contributed by atoms with Crippen LogP contribution >= 0.6 is 15.9 Å². The van der Waals surface area contributed by atoms with Crippen LogP contribution in [-0.4, -0.2) is 17.1 Å². The predicted octanol–water partition coefficient (Wildman–Crippen LogP) is 2.20. The van der Waals surface area contributed by atoms with Crippen molar-refractivity contribution >= 4 is 21.9 Å². The van der Waals surface area contributed by atoms with Gasteiger partial charge in [-0.05, 0) is 43.0 Å². The Kier molecular flexibility index (Phi) is 2.80. The monoisotopic (exact) mass is 283 g/mol. The van der Waals surface area contributed by atoms with Crippen molar-refractivity contribution in [1.29, 1.82) is 0 Å². The van der Waals surface area contributed by atoms with E-state index in [9.17, 15) is 9.90 Å². The lowest BCUT2D eigenvalue weighted by molar-refractivity contribution is -0.148. The number of carboxylic acid groups (broad SMARTS) is 1. The quantitative estimate of drug-likeness (QED) is 0.875. The fourth-order valence-corrected chi connectivity index (χ4v) is 2.99. The van der Waals surface area contributed by atoms with E-state index in [1.165, 1.54) is 0 Å². The molecule has 1 aromatic carbocycles. The van der Waals surface area contributed by atoms with Crippen molar-refractivity contribution in [1.82, 2.24) is 0 Å². The summed E-state index contributed by atoms with van der Waals surface area (Å²) in [4.78, 5) is 11.4. The number of halogens is 1. The number of carbonyl (C=O) groups is 1. The SMILES string of the molecule is Cc1cc(Br)cc(C2(C(=O)O)CC(N)C2)c1. The van der Waals surface area contributed by atoms with E-state index in [1.54, 1.807) is 0 Å². The van der Waals surface area contributed by atoms with E-state index in [2.05, 4.69) is 15.9 Å². The van der Waals surface area contributed by atoms with Gasteiger partial charge in [-0.1, -0.05) is 22.0 Å². The Bertz CT molecular complexity index is 418. The third-order valence-electron chi connectivity index (χ3n) is 3.23. The first-order valence-corrected chi connectivity index (χ1v) is 6.00. The largest absolute Gasteiger partial charge is 0.481 e. The van der Waals surface area contributed by atoms with Crippen LogP contribution in [0.15, 0.2) is 22.7 Å². The molecule has 0 aliphatic heterocycles. The Labute approximate surface area is 103 Å². The standard InChI is InChI=1S/C12H14BrNO2/c1-7-2-8(4-9(13)3-7)12(11(15)16)5-10(14)6-12/h2-4,10H,5-6,14H2,1H3,(H,15,16). The van der Waals surface area contributed by atoms with Gasteiger partial charge in [0, 0.05) is 10.5 Å². The molecule has 1 saturated carbocycles. The molecule has 86 valence electrons. The fraction of sp³-hybridized carbons (Fsp3) is 0.417. The molecule has 3 N–H and O–H groups in total. The van der Waals surface area contributed by atoms with E-state index in [1.807, 2.05) is 25.1 Å². The third kappa shape index (κ3) is 1.76. The average Bonchev–Trinajstić information content (AvgIpc) is 2.10. The van der Waals surface area contributed by atoms with Gasteiger partial charge >= 0.3 is 5.97 Å². The molecular weight excluding hydrogens is 270 g/mol. The zero-order valence-corrected chi connectivity index (χ0v) is 10.6. The number of benzene rings is 1. The van der Waals surface area contributed by atoms with Crippen LogP contribution in [0.4, 0.5) is 0 Å². The minimum absolute atomic E-state index is 0.00962. The molecule has 0 unspecified atom stereocenters. The van der Waals surface area contributed by atoms with Gasteiger partial charge < -0.3 is 10.8 Å². The van der Waals surface area contributed by atoms with Crippen molar-refractivity contribution in [3.05, 3.63) is 33.8 Å². The second-order valence-electron chi connectivity index (χ2n) is 4.57. The summed E-state index contributed by atoms with van der Waals surface area (Å²) < 4.78 is 0.920. The first-order chi connectivity index (χ1) is 7.44. The minimum Gasteiger partial charge on any atom is -0.481 e. The highest BCUT2D eigenvalue weighted by Crippen LogP contribution is 2.44. The first-order valence-electron chi connectivity index (χ1n) is 5.21. The molecule has 0 amide bonds. The van der Waals surface area contributed by atoms with Crippen molar-refractivity contribution in [2.45, 2.75) is 31.2 Å². The van der Waals surface area contributed by atoms with E-state index in [4.69, 9.17) is 5.73 Å². The van der Waals surface area contributed by atoms with Crippen LogP contribution in [0.3, 0.4) is 0 Å². The fourth-order valence-electron chi connectivity index (χ4n) is 2.38. The number of nitrogens with two attached hydrogens (primary N) is 1. The molecule has 0 aromatic heterocycles. The third-order valence-corrected chi connectivity index (χ3v) is 3.68. The van der Waals surface area contributed by atoms with Crippen LogP contribution in [-0.2, 0) is 10.2 Å². The van der Waals surface area contributed by atoms with E-state index < -0.39 is 11.4 Å². The Morgan fingerprint density at radius 2 is 2.12 bits per heavy atom. The molecule has 1 aliphatic carbocycles. The smallest absolute Gasteiger partial charge is 0.314 e. The van der Waals surface area contributed by atoms with Crippen molar-refractivity contribution in [3.63, 3.8) is 0 Å². The molecule has 0 heterocycles. The first kappa shape index (κ1) is 11.6. The second-order valence-corrected chi connectivity index (χ2v) is 5.49. The Hall–Kier alpha value is -0.870. The molecule has 0 spiro atoms. The van der Waals surface area contributed by atoms with Gasteiger partial charge in [-0.25, -0.2) is 0 Å². The molecule has 16 heavy (non-hydrogen) atoms. The molecule has 1 aromatic rings. The molecule has 2 rings (SSSR count). The maximum absolute atomic E-state index is 11.4. The molecule has 1 aliphatic rings. The average molecular weight is 284 g/mol. The van der Waals surface area contributed by atoms with E-state index >= 15 is 0 Å². The normalized spacial score (nSPS) is 28.6. The van der Waals surface area contributed by atoms with E-state index in [0.717, 1.165) is 15.6 Å². The number of hydrogen-bond donors (Lipinski definition) is 2. The summed E-state index contributed by atoms with van der Waals surface area (Å²) in [5.74, 6) is -0.772. The molecule has 3 nitrogen and oxygen atoms in total.